The van der Waals surface area contributed by atoms with Gasteiger partial charge < -0.3 is 5.11 Å². The Balaban J connectivity index is 3.04. The summed E-state index contributed by atoms with van der Waals surface area (Å²) in [5, 5.41) is 9.06. The van der Waals surface area contributed by atoms with Crippen LogP contribution in [0.1, 0.15) is 5.56 Å². The van der Waals surface area contributed by atoms with E-state index in [0.717, 1.165) is 0 Å². The van der Waals surface area contributed by atoms with Crippen molar-refractivity contribution in [1.82, 2.24) is 0 Å². The molecule has 1 aromatic rings. The average molecular weight is 265 g/mol. The molecule has 72 valence electrons. The third-order valence-electron chi connectivity index (χ3n) is 1.45. The van der Waals surface area contributed by atoms with Gasteiger partial charge in [0.1, 0.15) is 5.75 Å². The Morgan fingerprint density at radius 2 is 2.08 bits per heavy atom. The van der Waals surface area contributed by atoms with Gasteiger partial charge >= 0.3 is 0 Å². The molecule has 0 saturated heterocycles. The van der Waals surface area contributed by atoms with Crippen LogP contribution in [0.5, 0.6) is 5.75 Å². The summed E-state index contributed by atoms with van der Waals surface area (Å²) >= 11 is 3.18. The van der Waals surface area contributed by atoms with E-state index in [1.807, 2.05) is 0 Å². The lowest BCUT2D eigenvalue weighted by Crippen LogP contribution is -2.01. The fraction of sp³-hybridized carbons (Fsp3) is 0.250. The summed E-state index contributed by atoms with van der Waals surface area (Å²) in [5.41, 5.74) is 0.653. The van der Waals surface area contributed by atoms with Gasteiger partial charge in [0.25, 0.3) is 0 Å². The maximum absolute atomic E-state index is 11.0. The summed E-state index contributed by atoms with van der Waals surface area (Å²) in [5.74, 6) is 0.0950. The normalized spacial score (nSPS) is 11.5. The monoisotopic (exact) mass is 264 g/mol. The van der Waals surface area contributed by atoms with Gasteiger partial charge in [-0.2, -0.15) is 0 Å². The molecule has 0 bridgehead atoms. The van der Waals surface area contributed by atoms with E-state index in [1.165, 1.54) is 18.4 Å². The minimum absolute atomic E-state index is 0.0200. The van der Waals surface area contributed by atoms with Crippen LogP contribution in [-0.2, 0) is 15.6 Å². The summed E-state index contributed by atoms with van der Waals surface area (Å²) < 4.78 is 22.5. The lowest BCUT2D eigenvalue weighted by atomic mass is 10.2. The summed E-state index contributed by atoms with van der Waals surface area (Å²) in [4.78, 5) is 0. The predicted octanol–water partition coefficient (Wildman–Crippen LogP) is 1.70. The van der Waals surface area contributed by atoms with Crippen molar-refractivity contribution in [2.24, 2.45) is 0 Å². The zero-order valence-corrected chi connectivity index (χ0v) is 9.39. The second-order valence-corrected chi connectivity index (χ2v) is 5.84. The minimum atomic E-state index is -3.02. The minimum Gasteiger partial charge on any atom is -0.508 e. The van der Waals surface area contributed by atoms with Gasteiger partial charge in [0.05, 0.1) is 5.75 Å². The van der Waals surface area contributed by atoms with Crippen LogP contribution in [0.4, 0.5) is 0 Å². The number of phenols is 1. The highest BCUT2D eigenvalue weighted by Gasteiger charge is 2.07. The van der Waals surface area contributed by atoms with Crippen molar-refractivity contribution < 1.29 is 13.5 Å². The van der Waals surface area contributed by atoms with Gasteiger partial charge in [0.2, 0.25) is 0 Å². The number of aromatic hydroxyl groups is 1. The van der Waals surface area contributed by atoms with Gasteiger partial charge in [0.15, 0.2) is 9.84 Å². The average Bonchev–Trinajstić information content (AvgIpc) is 1.93. The number of benzene rings is 1. The van der Waals surface area contributed by atoms with Crippen LogP contribution < -0.4 is 0 Å². The second-order valence-electron chi connectivity index (χ2n) is 2.85. The van der Waals surface area contributed by atoms with Gasteiger partial charge in [-0.1, -0.05) is 22.0 Å². The van der Waals surface area contributed by atoms with Gasteiger partial charge in [-0.3, -0.25) is 0 Å². The Morgan fingerprint density at radius 3 is 2.54 bits per heavy atom. The Hall–Kier alpha value is -0.550. The van der Waals surface area contributed by atoms with Crippen LogP contribution in [0.15, 0.2) is 22.7 Å². The van der Waals surface area contributed by atoms with Crippen molar-refractivity contribution in [2.75, 3.05) is 6.26 Å². The molecule has 0 atom stereocenters. The lowest BCUT2D eigenvalue weighted by Gasteiger charge is -2.02. The Kier molecular flexibility index (Phi) is 2.98. The first-order chi connectivity index (χ1) is 5.88. The standard InChI is InChI=1S/C8H9BrO3S/c1-13(11,12)5-6-2-3-7(10)4-8(6)9/h2-4,10H,5H2,1H3. The Labute approximate surface area is 85.4 Å². The van der Waals surface area contributed by atoms with Crippen molar-refractivity contribution in [3.8, 4) is 5.75 Å². The topological polar surface area (TPSA) is 54.4 Å². The first-order valence-electron chi connectivity index (χ1n) is 3.53. The van der Waals surface area contributed by atoms with Crippen LogP contribution >= 0.6 is 15.9 Å². The highest BCUT2D eigenvalue weighted by atomic mass is 79.9. The predicted molar refractivity (Wildman–Crippen MR) is 54.4 cm³/mol. The molecule has 0 saturated carbocycles. The van der Waals surface area contributed by atoms with E-state index in [1.54, 1.807) is 6.07 Å². The molecule has 0 aliphatic carbocycles. The molecule has 0 spiro atoms. The van der Waals surface area contributed by atoms with Crippen molar-refractivity contribution in [1.29, 1.82) is 0 Å². The molecule has 13 heavy (non-hydrogen) atoms. The smallest absolute Gasteiger partial charge is 0.151 e. The molecule has 0 heterocycles. The van der Waals surface area contributed by atoms with E-state index in [-0.39, 0.29) is 11.5 Å². The van der Waals surface area contributed by atoms with E-state index in [4.69, 9.17) is 5.11 Å². The zero-order valence-electron chi connectivity index (χ0n) is 6.99. The molecule has 0 aliphatic heterocycles. The van der Waals surface area contributed by atoms with E-state index in [9.17, 15) is 8.42 Å². The van der Waals surface area contributed by atoms with E-state index >= 15 is 0 Å². The number of rotatable bonds is 2. The van der Waals surface area contributed by atoms with Crippen LogP contribution in [0, 0.1) is 0 Å². The molecule has 0 unspecified atom stereocenters. The second kappa shape index (κ2) is 3.67. The summed E-state index contributed by atoms with van der Waals surface area (Å²) in [6.07, 6.45) is 1.17. The summed E-state index contributed by atoms with van der Waals surface area (Å²) in [6, 6.07) is 4.52. The molecule has 0 aromatic heterocycles. The molecule has 3 nitrogen and oxygen atoms in total. The van der Waals surface area contributed by atoms with Crippen molar-refractivity contribution in [3.63, 3.8) is 0 Å². The SMILES string of the molecule is CS(=O)(=O)Cc1ccc(O)cc1Br. The molecule has 1 aromatic carbocycles. The Bertz CT molecular complexity index is 411. The van der Waals surface area contributed by atoms with Crippen molar-refractivity contribution in [2.45, 2.75) is 5.75 Å². The zero-order chi connectivity index (χ0) is 10.1. The number of halogens is 1. The first-order valence-corrected chi connectivity index (χ1v) is 6.39. The molecule has 0 radical (unpaired) electrons. The fourth-order valence-corrected chi connectivity index (χ4v) is 2.44. The first kappa shape index (κ1) is 10.5. The Morgan fingerprint density at radius 1 is 1.46 bits per heavy atom. The van der Waals surface area contributed by atoms with Crippen LogP contribution in [-0.4, -0.2) is 19.8 Å². The van der Waals surface area contributed by atoms with Gasteiger partial charge in [-0.05, 0) is 17.7 Å². The molecular formula is C8H9BrO3S. The molecule has 1 N–H and O–H groups in total. The molecule has 5 heteroatoms. The number of sulfone groups is 1. The number of phenolic OH excluding ortho intramolecular Hbond substituents is 1. The van der Waals surface area contributed by atoms with E-state index < -0.39 is 9.84 Å². The molecular weight excluding hydrogens is 256 g/mol. The highest BCUT2D eigenvalue weighted by molar-refractivity contribution is 9.10. The van der Waals surface area contributed by atoms with Gasteiger partial charge in [-0.15, -0.1) is 0 Å². The van der Waals surface area contributed by atoms with Crippen LogP contribution in [0.25, 0.3) is 0 Å². The van der Waals surface area contributed by atoms with Gasteiger partial charge in [0, 0.05) is 10.7 Å². The largest absolute Gasteiger partial charge is 0.508 e. The molecule has 1 rings (SSSR count). The third kappa shape index (κ3) is 3.36. The van der Waals surface area contributed by atoms with Crippen molar-refractivity contribution in [3.05, 3.63) is 28.2 Å². The fourth-order valence-electron chi connectivity index (χ4n) is 0.936. The summed E-state index contributed by atoms with van der Waals surface area (Å²) in [7, 11) is -3.02. The molecule has 0 aliphatic rings. The van der Waals surface area contributed by atoms with Crippen molar-refractivity contribution >= 4 is 25.8 Å². The van der Waals surface area contributed by atoms with Gasteiger partial charge in [-0.25, -0.2) is 8.42 Å². The number of hydrogen-bond acceptors (Lipinski definition) is 3. The van der Waals surface area contributed by atoms with Crippen LogP contribution in [0.2, 0.25) is 0 Å². The van der Waals surface area contributed by atoms with E-state index in [2.05, 4.69) is 15.9 Å². The maximum Gasteiger partial charge on any atom is 0.151 e. The van der Waals surface area contributed by atoms with Crippen LogP contribution in [0.3, 0.4) is 0 Å². The molecule has 0 amide bonds. The highest BCUT2D eigenvalue weighted by Crippen LogP contribution is 2.23. The summed E-state index contributed by atoms with van der Waals surface area (Å²) in [6.45, 7) is 0. The number of hydrogen-bond donors (Lipinski definition) is 1. The quantitative estimate of drug-likeness (QED) is 0.885. The van der Waals surface area contributed by atoms with E-state index in [0.29, 0.717) is 10.0 Å². The lowest BCUT2D eigenvalue weighted by molar-refractivity contribution is 0.474. The molecule has 0 fully saturated rings. The maximum atomic E-state index is 11.0. The third-order valence-corrected chi connectivity index (χ3v) is 3.03.